The summed E-state index contributed by atoms with van der Waals surface area (Å²) >= 11 is 0. The first kappa shape index (κ1) is 8.70. The number of hydrogen-bond acceptors (Lipinski definition) is 1. The number of hydrogen-bond donors (Lipinski definition) is 1. The van der Waals surface area contributed by atoms with Crippen molar-refractivity contribution in [3.8, 4) is 0 Å². The van der Waals surface area contributed by atoms with Crippen LogP contribution in [0.5, 0.6) is 0 Å². The van der Waals surface area contributed by atoms with E-state index in [2.05, 4.69) is 0 Å². The summed E-state index contributed by atoms with van der Waals surface area (Å²) in [5, 5.41) is 0. The average molecular weight is 179 g/mol. The molecule has 2 N–H and O–H groups in total. The molecule has 0 unspecified atom stereocenters. The molecule has 0 heterocycles. The van der Waals surface area contributed by atoms with Gasteiger partial charge in [0.2, 0.25) is 0 Å². The molecule has 0 amide bonds. The van der Waals surface area contributed by atoms with E-state index in [4.69, 9.17) is 5.73 Å². The van der Waals surface area contributed by atoms with Gasteiger partial charge in [0, 0.05) is 5.54 Å². The maximum atomic E-state index is 13.5. The van der Waals surface area contributed by atoms with E-state index in [1.54, 1.807) is 13.0 Å². The molecule has 1 aromatic carbocycles. The van der Waals surface area contributed by atoms with Crippen molar-refractivity contribution in [3.05, 3.63) is 35.1 Å². The highest BCUT2D eigenvalue weighted by Crippen LogP contribution is 2.36. The highest BCUT2D eigenvalue weighted by molar-refractivity contribution is 5.27. The van der Waals surface area contributed by atoms with Crippen LogP contribution in [-0.2, 0) is 6.42 Å². The van der Waals surface area contributed by atoms with E-state index >= 15 is 0 Å². The molecular weight excluding hydrogens is 165 g/mol. The highest BCUT2D eigenvalue weighted by Gasteiger charge is 2.38. The van der Waals surface area contributed by atoms with E-state index in [-0.39, 0.29) is 11.4 Å². The lowest BCUT2D eigenvalue weighted by atomic mass is 10.0. The van der Waals surface area contributed by atoms with Crippen LogP contribution in [0, 0.1) is 12.7 Å². The van der Waals surface area contributed by atoms with E-state index in [0.717, 1.165) is 18.4 Å². The zero-order chi connectivity index (χ0) is 9.47. The molecule has 0 radical (unpaired) electrons. The fraction of sp³-hybridized carbons (Fsp3) is 0.455. The van der Waals surface area contributed by atoms with Gasteiger partial charge in [-0.05, 0) is 37.3 Å². The second-order valence-corrected chi connectivity index (χ2v) is 4.09. The zero-order valence-electron chi connectivity index (χ0n) is 7.81. The Morgan fingerprint density at radius 3 is 2.77 bits per heavy atom. The number of benzene rings is 1. The van der Waals surface area contributed by atoms with Crippen molar-refractivity contribution >= 4 is 0 Å². The Labute approximate surface area is 77.8 Å². The van der Waals surface area contributed by atoms with Crippen molar-refractivity contribution in [2.45, 2.75) is 31.7 Å². The summed E-state index contributed by atoms with van der Waals surface area (Å²) in [5.74, 6) is -0.0841. The molecule has 0 bridgehead atoms. The van der Waals surface area contributed by atoms with Crippen LogP contribution in [0.15, 0.2) is 18.2 Å². The quantitative estimate of drug-likeness (QED) is 0.739. The molecule has 0 saturated heterocycles. The van der Waals surface area contributed by atoms with Gasteiger partial charge in [-0.15, -0.1) is 0 Å². The fourth-order valence-corrected chi connectivity index (χ4v) is 1.56. The molecule has 1 aliphatic rings. The van der Waals surface area contributed by atoms with E-state index in [9.17, 15) is 4.39 Å². The Morgan fingerprint density at radius 1 is 1.46 bits per heavy atom. The Morgan fingerprint density at radius 2 is 2.15 bits per heavy atom. The first-order valence-corrected chi connectivity index (χ1v) is 4.64. The average Bonchev–Trinajstić information content (AvgIpc) is 2.78. The van der Waals surface area contributed by atoms with Crippen molar-refractivity contribution in [1.29, 1.82) is 0 Å². The van der Waals surface area contributed by atoms with Gasteiger partial charge in [-0.25, -0.2) is 4.39 Å². The lowest BCUT2D eigenvalue weighted by Gasteiger charge is -2.10. The van der Waals surface area contributed by atoms with Crippen molar-refractivity contribution in [2.75, 3.05) is 0 Å². The molecule has 13 heavy (non-hydrogen) atoms. The third kappa shape index (κ3) is 1.73. The Hall–Kier alpha value is -0.890. The van der Waals surface area contributed by atoms with Crippen LogP contribution >= 0.6 is 0 Å². The van der Waals surface area contributed by atoms with Gasteiger partial charge < -0.3 is 5.73 Å². The van der Waals surface area contributed by atoms with Gasteiger partial charge in [0.1, 0.15) is 5.82 Å². The third-order valence-electron chi connectivity index (χ3n) is 2.71. The maximum absolute atomic E-state index is 13.5. The molecule has 2 heteroatoms. The van der Waals surface area contributed by atoms with Crippen LogP contribution in [0.4, 0.5) is 4.39 Å². The lowest BCUT2D eigenvalue weighted by molar-refractivity contribution is 0.576. The van der Waals surface area contributed by atoms with Gasteiger partial charge in [0.05, 0.1) is 0 Å². The molecular formula is C11H14FN. The van der Waals surface area contributed by atoms with E-state index in [1.807, 2.05) is 12.1 Å². The summed E-state index contributed by atoms with van der Waals surface area (Å²) in [7, 11) is 0. The molecule has 1 nitrogen and oxygen atoms in total. The summed E-state index contributed by atoms with van der Waals surface area (Å²) in [5.41, 5.74) is 7.30. The Bertz CT molecular complexity index is 329. The van der Waals surface area contributed by atoms with Gasteiger partial charge in [-0.2, -0.15) is 0 Å². The van der Waals surface area contributed by atoms with Crippen LogP contribution in [0.2, 0.25) is 0 Å². The van der Waals surface area contributed by atoms with Crippen LogP contribution in [0.3, 0.4) is 0 Å². The molecule has 0 spiro atoms. The van der Waals surface area contributed by atoms with E-state index < -0.39 is 0 Å². The maximum Gasteiger partial charge on any atom is 0.129 e. The van der Waals surface area contributed by atoms with Crippen molar-refractivity contribution in [3.63, 3.8) is 0 Å². The van der Waals surface area contributed by atoms with Crippen LogP contribution in [0.25, 0.3) is 0 Å². The van der Waals surface area contributed by atoms with Gasteiger partial charge in [-0.3, -0.25) is 0 Å². The highest BCUT2D eigenvalue weighted by atomic mass is 19.1. The van der Waals surface area contributed by atoms with E-state index in [1.165, 1.54) is 0 Å². The summed E-state index contributed by atoms with van der Waals surface area (Å²) < 4.78 is 13.5. The molecule has 1 aliphatic carbocycles. The minimum atomic E-state index is -0.103. The zero-order valence-corrected chi connectivity index (χ0v) is 7.81. The molecule has 2 rings (SSSR count). The summed E-state index contributed by atoms with van der Waals surface area (Å²) in [4.78, 5) is 0. The summed E-state index contributed by atoms with van der Waals surface area (Å²) in [6, 6.07) is 5.50. The van der Waals surface area contributed by atoms with Gasteiger partial charge in [-0.1, -0.05) is 18.2 Å². The van der Waals surface area contributed by atoms with Gasteiger partial charge in [0.25, 0.3) is 0 Å². The molecule has 0 atom stereocenters. The molecule has 70 valence electrons. The SMILES string of the molecule is Cc1cccc(CC2(N)CC2)c1F. The first-order valence-electron chi connectivity index (χ1n) is 4.64. The second kappa shape index (κ2) is 2.81. The van der Waals surface area contributed by atoms with Crippen molar-refractivity contribution in [1.82, 2.24) is 0 Å². The van der Waals surface area contributed by atoms with Gasteiger partial charge >= 0.3 is 0 Å². The van der Waals surface area contributed by atoms with Crippen molar-refractivity contribution < 1.29 is 4.39 Å². The minimum Gasteiger partial charge on any atom is -0.325 e. The predicted octanol–water partition coefficient (Wildman–Crippen LogP) is 2.17. The molecule has 1 aromatic rings. The molecule has 1 saturated carbocycles. The normalized spacial score (nSPS) is 18.7. The van der Waals surface area contributed by atoms with Crippen LogP contribution < -0.4 is 5.73 Å². The number of halogens is 1. The Kier molecular flexibility index (Phi) is 1.88. The summed E-state index contributed by atoms with van der Waals surface area (Å²) in [6.45, 7) is 1.79. The van der Waals surface area contributed by atoms with Gasteiger partial charge in [0.15, 0.2) is 0 Å². The minimum absolute atomic E-state index is 0.0841. The van der Waals surface area contributed by atoms with Crippen LogP contribution in [0.1, 0.15) is 24.0 Å². The van der Waals surface area contributed by atoms with Crippen LogP contribution in [-0.4, -0.2) is 5.54 Å². The number of nitrogens with two attached hydrogens (primary N) is 1. The fourth-order valence-electron chi connectivity index (χ4n) is 1.56. The molecule has 0 aromatic heterocycles. The Balaban J connectivity index is 2.25. The standard InChI is InChI=1S/C11H14FN/c1-8-3-2-4-9(10(8)12)7-11(13)5-6-11/h2-4H,5-7,13H2,1H3. The number of aryl methyl sites for hydroxylation is 1. The lowest BCUT2D eigenvalue weighted by Crippen LogP contribution is -2.25. The summed E-state index contributed by atoms with van der Waals surface area (Å²) in [6.07, 6.45) is 2.74. The van der Waals surface area contributed by atoms with E-state index in [0.29, 0.717) is 12.0 Å². The molecule has 1 fully saturated rings. The second-order valence-electron chi connectivity index (χ2n) is 4.09. The smallest absolute Gasteiger partial charge is 0.129 e. The monoisotopic (exact) mass is 179 g/mol. The topological polar surface area (TPSA) is 26.0 Å². The molecule has 0 aliphatic heterocycles. The largest absolute Gasteiger partial charge is 0.325 e. The third-order valence-corrected chi connectivity index (χ3v) is 2.71. The van der Waals surface area contributed by atoms with Crippen molar-refractivity contribution in [2.24, 2.45) is 5.73 Å². The number of rotatable bonds is 2. The predicted molar refractivity (Wildman–Crippen MR) is 51.0 cm³/mol. The first-order chi connectivity index (χ1) is 6.11.